The molecule has 0 bridgehead atoms. The third kappa shape index (κ3) is 7.10. The smallest absolute Gasteiger partial charge is 0.103 e. The van der Waals surface area contributed by atoms with Gasteiger partial charge in [0.05, 0.1) is 0 Å². The predicted octanol–water partition coefficient (Wildman–Crippen LogP) is 4.92. The van der Waals surface area contributed by atoms with E-state index in [9.17, 15) is 0 Å². The second kappa shape index (κ2) is 9.94. The second-order valence-electron chi connectivity index (χ2n) is 4.53. The van der Waals surface area contributed by atoms with Crippen molar-refractivity contribution in [1.29, 1.82) is 0 Å². The van der Waals surface area contributed by atoms with Gasteiger partial charge in [0, 0.05) is 1.43 Å². The lowest BCUT2D eigenvalue weighted by atomic mass is 10.1. The van der Waals surface area contributed by atoms with Crippen molar-refractivity contribution >= 4 is 15.2 Å². The standard InChI is InChI=1S/C8H17.C7H7.Al.H2/c1-3-5-7-8-6-4-2;1-7-5-3-2-4-6-7;;/h1,3-8H2,2H3;2-6H,1H2;;1H. The van der Waals surface area contributed by atoms with Gasteiger partial charge in [-0.25, -0.2) is 0 Å². The molecular weight excluding hydrogens is 207 g/mol. The molecule has 1 radical (unpaired) electrons. The molecule has 0 saturated carbocycles. The minimum absolute atomic E-state index is 0. The minimum atomic E-state index is 0. The van der Waals surface area contributed by atoms with Crippen LogP contribution in [0.15, 0.2) is 30.3 Å². The number of rotatable bonds is 9. The van der Waals surface area contributed by atoms with E-state index in [0.29, 0.717) is 15.2 Å². The molecule has 0 amide bonds. The molecule has 1 rings (SSSR count). The highest BCUT2D eigenvalue weighted by atomic mass is 27.1. The zero-order valence-corrected chi connectivity index (χ0v) is 11.8. The van der Waals surface area contributed by atoms with Crippen molar-refractivity contribution in [2.24, 2.45) is 0 Å². The van der Waals surface area contributed by atoms with Crippen LogP contribution in [-0.4, -0.2) is 15.2 Å². The first-order chi connectivity index (χ1) is 7.93. The van der Waals surface area contributed by atoms with Crippen molar-refractivity contribution in [2.45, 2.75) is 56.0 Å². The summed E-state index contributed by atoms with van der Waals surface area (Å²) >= 11 is 0.648. The van der Waals surface area contributed by atoms with E-state index in [-0.39, 0.29) is 1.43 Å². The van der Waals surface area contributed by atoms with E-state index in [1.165, 1.54) is 54.7 Å². The van der Waals surface area contributed by atoms with E-state index in [4.69, 9.17) is 0 Å². The van der Waals surface area contributed by atoms with Crippen molar-refractivity contribution < 1.29 is 1.43 Å². The summed E-state index contributed by atoms with van der Waals surface area (Å²) in [5, 5.41) is 2.83. The van der Waals surface area contributed by atoms with Crippen LogP contribution in [0.1, 0.15) is 52.4 Å². The summed E-state index contributed by atoms with van der Waals surface area (Å²) in [4.78, 5) is 0. The summed E-state index contributed by atoms with van der Waals surface area (Å²) in [5.41, 5.74) is 1.53. The fraction of sp³-hybridized carbons (Fsp3) is 0.600. The highest BCUT2D eigenvalue weighted by molar-refractivity contribution is 6.34. The lowest BCUT2D eigenvalue weighted by molar-refractivity contribution is 0.624. The molecule has 0 unspecified atom stereocenters. The first-order valence-electron chi connectivity index (χ1n) is 6.79. The summed E-state index contributed by atoms with van der Waals surface area (Å²) in [5.74, 6) is 0. The largest absolute Gasteiger partial charge is 0.207 e. The zero-order valence-electron chi connectivity index (χ0n) is 10.6. The fourth-order valence-corrected chi connectivity index (χ4v) is 3.34. The summed E-state index contributed by atoms with van der Waals surface area (Å²) in [7, 11) is 0. The minimum Gasteiger partial charge on any atom is -0.103 e. The van der Waals surface area contributed by atoms with Crippen molar-refractivity contribution in [3.05, 3.63) is 35.9 Å². The molecule has 0 aliphatic rings. The summed E-state index contributed by atoms with van der Waals surface area (Å²) in [6.07, 6.45) is 8.62. The average Bonchev–Trinajstić information content (AvgIpc) is 2.34. The molecule has 0 fully saturated rings. The monoisotopic (exact) mass is 233 g/mol. The van der Waals surface area contributed by atoms with Crippen LogP contribution in [0.3, 0.4) is 0 Å². The van der Waals surface area contributed by atoms with Gasteiger partial charge < -0.3 is 0 Å². The van der Waals surface area contributed by atoms with Gasteiger partial charge in [-0.2, -0.15) is 0 Å². The van der Waals surface area contributed by atoms with Crippen LogP contribution in [0.4, 0.5) is 0 Å². The average molecular weight is 233 g/mol. The van der Waals surface area contributed by atoms with Gasteiger partial charge in [-0.1, -0.05) is 86.6 Å². The van der Waals surface area contributed by atoms with E-state index in [2.05, 4.69) is 37.3 Å². The van der Waals surface area contributed by atoms with Crippen LogP contribution in [0.5, 0.6) is 0 Å². The van der Waals surface area contributed by atoms with E-state index in [0.717, 1.165) is 0 Å². The van der Waals surface area contributed by atoms with Gasteiger partial charge in [-0.3, -0.25) is 0 Å². The summed E-state index contributed by atoms with van der Waals surface area (Å²) < 4.78 is 0. The van der Waals surface area contributed by atoms with E-state index >= 15 is 0 Å². The highest BCUT2D eigenvalue weighted by Crippen LogP contribution is 2.08. The van der Waals surface area contributed by atoms with Crippen LogP contribution in [0, 0.1) is 0 Å². The zero-order chi connectivity index (χ0) is 11.5. The van der Waals surface area contributed by atoms with Gasteiger partial charge >= 0.3 is 0 Å². The first kappa shape index (κ1) is 13.8. The molecule has 0 nitrogen and oxygen atoms in total. The quantitative estimate of drug-likeness (QED) is 0.419. The molecule has 89 valence electrons. The fourth-order valence-electron chi connectivity index (χ4n) is 1.95. The Morgan fingerprint density at radius 3 is 2.38 bits per heavy atom. The molecule has 0 saturated heterocycles. The Labute approximate surface area is 109 Å². The van der Waals surface area contributed by atoms with Crippen LogP contribution in [-0.2, 0) is 5.28 Å². The van der Waals surface area contributed by atoms with Crippen LogP contribution in [0.25, 0.3) is 0 Å². The highest BCUT2D eigenvalue weighted by Gasteiger charge is 1.95. The molecule has 0 heterocycles. The van der Waals surface area contributed by atoms with Gasteiger partial charge in [0.2, 0.25) is 15.2 Å². The van der Waals surface area contributed by atoms with E-state index < -0.39 is 0 Å². The maximum atomic E-state index is 2.28. The Morgan fingerprint density at radius 2 is 1.62 bits per heavy atom. The molecular formula is C15H26Al. The normalized spacial score (nSPS) is 10.3. The number of hydrogen-bond donors (Lipinski definition) is 0. The van der Waals surface area contributed by atoms with Crippen LogP contribution < -0.4 is 0 Å². The summed E-state index contributed by atoms with van der Waals surface area (Å²) in [6, 6.07) is 10.9. The van der Waals surface area contributed by atoms with Crippen molar-refractivity contribution in [1.82, 2.24) is 0 Å². The van der Waals surface area contributed by atoms with E-state index in [1.54, 1.807) is 0 Å². The van der Waals surface area contributed by atoms with Crippen LogP contribution in [0.2, 0.25) is 5.28 Å². The maximum Gasteiger partial charge on any atom is 0.207 e. The Kier molecular flexibility index (Phi) is 8.58. The lowest BCUT2D eigenvalue weighted by Gasteiger charge is -2.01. The molecule has 1 heteroatoms. The Balaban J connectivity index is 0.00000256. The summed E-state index contributed by atoms with van der Waals surface area (Å²) in [6.45, 7) is 2.28. The number of unbranched alkanes of at least 4 members (excludes halogenated alkanes) is 5. The molecule has 0 atom stereocenters. The van der Waals surface area contributed by atoms with Crippen molar-refractivity contribution in [2.75, 3.05) is 0 Å². The Bertz CT molecular complexity index is 248. The van der Waals surface area contributed by atoms with Gasteiger partial charge in [0.25, 0.3) is 0 Å². The third-order valence-electron chi connectivity index (χ3n) is 2.98. The molecule has 0 aliphatic heterocycles. The molecule has 0 aliphatic carbocycles. The molecule has 0 aromatic heterocycles. The van der Waals surface area contributed by atoms with E-state index in [1.807, 2.05) is 0 Å². The first-order valence-corrected chi connectivity index (χ1v) is 8.42. The molecule has 1 aromatic rings. The number of hydrogen-bond acceptors (Lipinski definition) is 0. The van der Waals surface area contributed by atoms with Crippen molar-refractivity contribution in [3.63, 3.8) is 0 Å². The Hall–Kier alpha value is -0.248. The Morgan fingerprint density at radius 1 is 0.938 bits per heavy atom. The second-order valence-corrected chi connectivity index (χ2v) is 6.10. The number of benzene rings is 1. The van der Waals surface area contributed by atoms with Crippen LogP contribution >= 0.6 is 0 Å². The van der Waals surface area contributed by atoms with Gasteiger partial charge in [-0.05, 0) is 0 Å². The molecule has 0 N–H and O–H groups in total. The third-order valence-corrected chi connectivity index (χ3v) is 4.56. The van der Waals surface area contributed by atoms with Crippen molar-refractivity contribution in [3.8, 4) is 0 Å². The van der Waals surface area contributed by atoms with Gasteiger partial charge in [-0.15, -0.1) is 5.28 Å². The topological polar surface area (TPSA) is 0 Å². The maximum absolute atomic E-state index is 2.28. The van der Waals surface area contributed by atoms with Gasteiger partial charge in [0.1, 0.15) is 0 Å². The molecule has 0 spiro atoms. The lowest BCUT2D eigenvalue weighted by Crippen LogP contribution is -1.96. The molecule has 1 aromatic carbocycles. The molecule has 16 heavy (non-hydrogen) atoms. The van der Waals surface area contributed by atoms with Gasteiger partial charge in [0.15, 0.2) is 0 Å². The predicted molar refractivity (Wildman–Crippen MR) is 76.2 cm³/mol. The SMILES string of the molecule is CCCCCCC[CH2][Al][CH2]c1ccccc1.[HH].